The minimum Gasteiger partial charge on any atom is -0.409 e. The Bertz CT molecular complexity index is 168. The molecule has 0 saturated carbocycles. The van der Waals surface area contributed by atoms with Gasteiger partial charge in [-0.15, -0.1) is 0 Å². The Morgan fingerprint density at radius 2 is 2.56 bits per heavy atom. The molecule has 1 rings (SSSR count). The van der Waals surface area contributed by atoms with Gasteiger partial charge in [-0.2, -0.15) is 0 Å². The van der Waals surface area contributed by atoms with E-state index in [2.05, 4.69) is 5.16 Å². The quantitative estimate of drug-likeness (QED) is 0.384. The fourth-order valence-electron chi connectivity index (χ4n) is 0.523. The van der Waals surface area contributed by atoms with Gasteiger partial charge in [-0.3, -0.25) is 9.69 Å². The Labute approximate surface area is 56.5 Å². The lowest BCUT2D eigenvalue weighted by Crippen LogP contribution is -2.24. The monoisotopic (exact) mass is 146 g/mol. The van der Waals surface area contributed by atoms with Crippen LogP contribution in [0.2, 0.25) is 0 Å². The van der Waals surface area contributed by atoms with Crippen molar-refractivity contribution in [2.24, 2.45) is 5.16 Å². The summed E-state index contributed by atoms with van der Waals surface area (Å²) in [6, 6.07) is 0. The van der Waals surface area contributed by atoms with E-state index in [-0.39, 0.29) is 5.91 Å². The smallest absolute Gasteiger partial charge is 0.238 e. The summed E-state index contributed by atoms with van der Waals surface area (Å²) < 4.78 is 0. The SMILES string of the molecule is CN1C(=O)CSC1=NO. The number of carbonyl (C=O) groups is 1. The van der Waals surface area contributed by atoms with E-state index in [0.29, 0.717) is 10.9 Å². The molecule has 0 aromatic rings. The van der Waals surface area contributed by atoms with E-state index in [1.54, 1.807) is 7.05 Å². The van der Waals surface area contributed by atoms with Crippen molar-refractivity contribution in [2.75, 3.05) is 12.8 Å². The molecule has 1 N–H and O–H groups in total. The molecule has 0 aromatic heterocycles. The number of hydrogen-bond donors (Lipinski definition) is 1. The molecule has 0 unspecified atom stereocenters. The minimum absolute atomic E-state index is 0.0206. The predicted molar refractivity (Wildman–Crippen MR) is 34.4 cm³/mol. The first-order valence-corrected chi connectivity index (χ1v) is 3.35. The van der Waals surface area contributed by atoms with Crippen molar-refractivity contribution in [3.05, 3.63) is 0 Å². The third kappa shape index (κ3) is 0.999. The van der Waals surface area contributed by atoms with Crippen molar-refractivity contribution in [3.8, 4) is 0 Å². The van der Waals surface area contributed by atoms with Gasteiger partial charge < -0.3 is 5.21 Å². The highest BCUT2D eigenvalue weighted by Gasteiger charge is 2.24. The highest BCUT2D eigenvalue weighted by atomic mass is 32.2. The zero-order valence-corrected chi connectivity index (χ0v) is 5.68. The average Bonchev–Trinajstić information content (AvgIpc) is 2.15. The van der Waals surface area contributed by atoms with Crippen molar-refractivity contribution in [1.82, 2.24) is 4.90 Å². The Morgan fingerprint density at radius 3 is 2.78 bits per heavy atom. The molecule has 0 radical (unpaired) electrons. The number of rotatable bonds is 0. The maximum absolute atomic E-state index is 10.7. The van der Waals surface area contributed by atoms with Crippen molar-refractivity contribution in [3.63, 3.8) is 0 Å². The zero-order chi connectivity index (χ0) is 6.85. The highest BCUT2D eigenvalue weighted by molar-refractivity contribution is 8.15. The van der Waals surface area contributed by atoms with E-state index in [1.165, 1.54) is 16.7 Å². The van der Waals surface area contributed by atoms with Crippen LogP contribution in [0.5, 0.6) is 0 Å². The second kappa shape index (κ2) is 2.26. The largest absolute Gasteiger partial charge is 0.409 e. The molecule has 0 bridgehead atoms. The number of hydrogen-bond acceptors (Lipinski definition) is 4. The van der Waals surface area contributed by atoms with Crippen LogP contribution in [0.4, 0.5) is 0 Å². The lowest BCUT2D eigenvalue weighted by molar-refractivity contribution is -0.123. The van der Waals surface area contributed by atoms with E-state index in [1.807, 2.05) is 0 Å². The van der Waals surface area contributed by atoms with E-state index in [0.717, 1.165) is 0 Å². The highest BCUT2D eigenvalue weighted by Crippen LogP contribution is 2.15. The summed E-state index contributed by atoms with van der Waals surface area (Å²) in [7, 11) is 1.58. The van der Waals surface area contributed by atoms with Crippen molar-refractivity contribution in [2.45, 2.75) is 0 Å². The van der Waals surface area contributed by atoms with Gasteiger partial charge >= 0.3 is 0 Å². The first-order chi connectivity index (χ1) is 4.25. The molecule has 1 aliphatic rings. The normalized spacial score (nSPS) is 23.9. The van der Waals surface area contributed by atoms with Crippen LogP contribution in [0.3, 0.4) is 0 Å². The minimum atomic E-state index is -0.0206. The number of amides is 1. The molecule has 0 aromatic carbocycles. The topological polar surface area (TPSA) is 52.9 Å². The summed E-state index contributed by atoms with van der Waals surface area (Å²) in [6.45, 7) is 0. The van der Waals surface area contributed by atoms with Crippen molar-refractivity contribution in [1.29, 1.82) is 0 Å². The standard InChI is InChI=1S/C4H6N2O2S/c1-6-3(7)2-9-4(6)5-8/h8H,2H2,1H3. The lowest BCUT2D eigenvalue weighted by atomic mass is 10.6. The first kappa shape index (κ1) is 6.41. The van der Waals surface area contributed by atoms with Crippen LogP contribution in [0.15, 0.2) is 5.16 Å². The molecule has 1 aliphatic heterocycles. The molecule has 9 heavy (non-hydrogen) atoms. The molecular formula is C4H6N2O2S. The van der Waals surface area contributed by atoms with Crippen LogP contribution in [0.1, 0.15) is 0 Å². The van der Waals surface area contributed by atoms with Gasteiger partial charge in [0, 0.05) is 7.05 Å². The summed E-state index contributed by atoms with van der Waals surface area (Å²) in [4.78, 5) is 12.0. The second-order valence-electron chi connectivity index (χ2n) is 1.62. The molecule has 1 saturated heterocycles. The average molecular weight is 146 g/mol. The number of amidine groups is 1. The van der Waals surface area contributed by atoms with Crippen LogP contribution in [0, 0.1) is 0 Å². The number of oxime groups is 1. The Balaban J connectivity index is 2.73. The maximum Gasteiger partial charge on any atom is 0.238 e. The van der Waals surface area contributed by atoms with Gasteiger partial charge in [-0.1, -0.05) is 16.9 Å². The summed E-state index contributed by atoms with van der Waals surface area (Å²) >= 11 is 1.23. The van der Waals surface area contributed by atoms with Crippen molar-refractivity contribution >= 4 is 22.8 Å². The summed E-state index contributed by atoms with van der Waals surface area (Å²) in [6.07, 6.45) is 0. The van der Waals surface area contributed by atoms with Crippen LogP contribution in [-0.2, 0) is 4.79 Å². The summed E-state index contributed by atoms with van der Waals surface area (Å²) in [5.74, 6) is 0.364. The Morgan fingerprint density at radius 1 is 1.89 bits per heavy atom. The predicted octanol–water partition coefficient (Wildman–Crippen LogP) is -0.0632. The molecule has 1 amide bonds. The molecule has 50 valence electrons. The number of carbonyl (C=O) groups excluding carboxylic acids is 1. The fourth-order valence-corrected chi connectivity index (χ4v) is 1.32. The fraction of sp³-hybridized carbons (Fsp3) is 0.500. The van der Waals surface area contributed by atoms with Gasteiger partial charge in [-0.25, -0.2) is 0 Å². The van der Waals surface area contributed by atoms with Gasteiger partial charge in [0.1, 0.15) is 0 Å². The summed E-state index contributed by atoms with van der Waals surface area (Å²) in [5, 5.41) is 11.5. The molecule has 1 fully saturated rings. The van der Waals surface area contributed by atoms with Crippen LogP contribution in [-0.4, -0.2) is 34.0 Å². The Kier molecular flexibility index (Phi) is 1.61. The zero-order valence-electron chi connectivity index (χ0n) is 4.87. The van der Waals surface area contributed by atoms with Gasteiger partial charge in [0.15, 0.2) is 0 Å². The van der Waals surface area contributed by atoms with Crippen LogP contribution < -0.4 is 0 Å². The van der Waals surface area contributed by atoms with E-state index >= 15 is 0 Å². The molecule has 0 spiro atoms. The third-order valence-electron chi connectivity index (χ3n) is 1.07. The molecule has 5 heteroatoms. The van der Waals surface area contributed by atoms with Gasteiger partial charge in [0.25, 0.3) is 0 Å². The summed E-state index contributed by atoms with van der Waals surface area (Å²) in [5.41, 5.74) is 0. The van der Waals surface area contributed by atoms with E-state index in [4.69, 9.17) is 5.21 Å². The number of nitrogens with zero attached hydrogens (tertiary/aromatic N) is 2. The number of thioether (sulfide) groups is 1. The maximum atomic E-state index is 10.7. The molecule has 1 heterocycles. The Hall–Kier alpha value is -0.710. The van der Waals surface area contributed by atoms with E-state index < -0.39 is 0 Å². The molecule has 0 atom stereocenters. The first-order valence-electron chi connectivity index (χ1n) is 2.37. The van der Waals surface area contributed by atoms with Gasteiger partial charge in [0.05, 0.1) is 5.75 Å². The molecule has 0 aliphatic carbocycles. The van der Waals surface area contributed by atoms with Crippen LogP contribution >= 0.6 is 11.8 Å². The molecular weight excluding hydrogens is 140 g/mol. The van der Waals surface area contributed by atoms with Crippen LogP contribution in [0.25, 0.3) is 0 Å². The third-order valence-corrected chi connectivity index (χ3v) is 2.08. The van der Waals surface area contributed by atoms with Gasteiger partial charge in [0.2, 0.25) is 11.1 Å². The lowest BCUT2D eigenvalue weighted by Gasteiger charge is -2.03. The second-order valence-corrected chi connectivity index (χ2v) is 2.57. The van der Waals surface area contributed by atoms with E-state index in [9.17, 15) is 4.79 Å². The van der Waals surface area contributed by atoms with Crippen molar-refractivity contribution < 1.29 is 10.0 Å². The molecule has 4 nitrogen and oxygen atoms in total. The van der Waals surface area contributed by atoms with Gasteiger partial charge in [-0.05, 0) is 0 Å².